The van der Waals surface area contributed by atoms with Gasteiger partial charge in [-0.1, -0.05) is 15.9 Å². The van der Waals surface area contributed by atoms with Gasteiger partial charge in [0.15, 0.2) is 0 Å². The molecule has 3 aromatic rings. The van der Waals surface area contributed by atoms with Crippen LogP contribution in [0.25, 0.3) is 10.9 Å². The van der Waals surface area contributed by atoms with Crippen LogP contribution in [-0.4, -0.2) is 26.4 Å². The highest BCUT2D eigenvalue weighted by Crippen LogP contribution is 2.25. The van der Waals surface area contributed by atoms with Crippen LogP contribution in [-0.2, 0) is 19.5 Å². The highest BCUT2D eigenvalue weighted by molar-refractivity contribution is 9.10. The lowest BCUT2D eigenvalue weighted by molar-refractivity contribution is 0.243. The van der Waals surface area contributed by atoms with E-state index in [4.69, 9.17) is 0 Å². The summed E-state index contributed by atoms with van der Waals surface area (Å²) in [6, 6.07) is 6.37. The molecule has 4 rings (SSSR count). The first-order chi connectivity index (χ1) is 10.7. The Balaban J connectivity index is 1.59. The molecule has 1 aliphatic rings. The molecule has 0 aliphatic carbocycles. The van der Waals surface area contributed by atoms with E-state index in [0.717, 1.165) is 36.4 Å². The smallest absolute Gasteiger partial charge is 0.125 e. The Morgan fingerprint density at radius 2 is 2.27 bits per heavy atom. The molecule has 0 saturated carbocycles. The maximum Gasteiger partial charge on any atom is 0.125 e. The van der Waals surface area contributed by atoms with Gasteiger partial charge in [-0.25, -0.2) is 9.97 Å². The van der Waals surface area contributed by atoms with Crippen molar-refractivity contribution in [2.45, 2.75) is 26.4 Å². The molecule has 1 aliphatic heterocycles. The molecule has 3 heterocycles. The number of hydrogen-bond donors (Lipinski definition) is 1. The number of halogens is 1. The lowest BCUT2D eigenvalue weighted by atomic mass is 10.1. The maximum absolute atomic E-state index is 4.56. The minimum atomic E-state index is 0.869. The van der Waals surface area contributed by atoms with E-state index in [0.29, 0.717) is 0 Å². The van der Waals surface area contributed by atoms with Gasteiger partial charge >= 0.3 is 0 Å². The Morgan fingerprint density at radius 1 is 1.36 bits per heavy atom. The fraction of sp³-hybridized carbons (Fsp3) is 0.294. The summed E-state index contributed by atoms with van der Waals surface area (Å²) in [4.78, 5) is 14.7. The van der Waals surface area contributed by atoms with Crippen LogP contribution in [0.15, 0.2) is 35.1 Å². The summed E-state index contributed by atoms with van der Waals surface area (Å²) in [5.41, 5.74) is 5.01. The summed E-state index contributed by atoms with van der Waals surface area (Å²) in [5, 5.41) is 1.29. The average Bonchev–Trinajstić information content (AvgIpc) is 2.90. The van der Waals surface area contributed by atoms with Crippen molar-refractivity contribution in [3.63, 3.8) is 0 Å². The molecule has 0 fully saturated rings. The third-order valence-electron chi connectivity index (χ3n) is 4.26. The van der Waals surface area contributed by atoms with Crippen LogP contribution < -0.4 is 0 Å². The lowest BCUT2D eigenvalue weighted by Gasteiger charge is -2.27. The summed E-state index contributed by atoms with van der Waals surface area (Å²) in [6.07, 6.45) is 5.11. The summed E-state index contributed by atoms with van der Waals surface area (Å²) in [5.74, 6) is 0.869. The molecule has 0 spiro atoms. The molecule has 2 aromatic heterocycles. The molecule has 22 heavy (non-hydrogen) atoms. The number of hydrogen-bond acceptors (Lipinski definition) is 3. The molecular formula is C17H17BrN4. The SMILES string of the molecule is Cc1ncc2c(n1)CCN(Cc1c[nH]c3ccc(Br)cc13)C2. The van der Waals surface area contributed by atoms with E-state index in [2.05, 4.69) is 60.2 Å². The molecule has 0 bridgehead atoms. The van der Waals surface area contributed by atoms with Gasteiger partial charge in [-0.05, 0) is 30.7 Å². The molecule has 4 nitrogen and oxygen atoms in total. The number of benzene rings is 1. The fourth-order valence-corrected chi connectivity index (χ4v) is 3.49. The van der Waals surface area contributed by atoms with Crippen molar-refractivity contribution in [2.75, 3.05) is 6.54 Å². The Labute approximate surface area is 137 Å². The van der Waals surface area contributed by atoms with E-state index < -0.39 is 0 Å². The van der Waals surface area contributed by atoms with Crippen molar-refractivity contribution >= 4 is 26.8 Å². The highest BCUT2D eigenvalue weighted by atomic mass is 79.9. The summed E-state index contributed by atoms with van der Waals surface area (Å²) >= 11 is 3.56. The molecular weight excluding hydrogens is 340 g/mol. The second kappa shape index (κ2) is 5.48. The van der Waals surface area contributed by atoms with Crippen LogP contribution in [0.1, 0.15) is 22.6 Å². The molecule has 0 saturated heterocycles. The number of aryl methyl sites for hydroxylation is 1. The number of H-pyrrole nitrogens is 1. The standard InChI is InChI=1S/C17H17BrN4/c1-11-19-8-13-10-22(5-4-16(13)21-11)9-12-7-20-17-3-2-14(18)6-15(12)17/h2-3,6-8,20H,4-5,9-10H2,1H3. The number of fused-ring (bicyclic) bond motifs is 2. The van der Waals surface area contributed by atoms with Gasteiger partial charge in [0.25, 0.3) is 0 Å². The Hall–Kier alpha value is -1.72. The van der Waals surface area contributed by atoms with Crippen molar-refractivity contribution in [3.05, 3.63) is 57.7 Å². The van der Waals surface area contributed by atoms with E-state index in [1.54, 1.807) is 0 Å². The van der Waals surface area contributed by atoms with Crippen molar-refractivity contribution in [1.29, 1.82) is 0 Å². The summed E-state index contributed by atoms with van der Waals surface area (Å²) in [6.45, 7) is 4.88. The van der Waals surface area contributed by atoms with Gasteiger partial charge in [0.2, 0.25) is 0 Å². The number of aromatic nitrogens is 3. The molecule has 1 N–H and O–H groups in total. The van der Waals surface area contributed by atoms with Gasteiger partial charge in [-0.3, -0.25) is 4.90 Å². The molecule has 112 valence electrons. The normalized spacial score (nSPS) is 15.2. The van der Waals surface area contributed by atoms with Gasteiger partial charge in [-0.15, -0.1) is 0 Å². The third kappa shape index (κ3) is 2.55. The topological polar surface area (TPSA) is 44.8 Å². The largest absolute Gasteiger partial charge is 0.361 e. The Bertz CT molecular complexity index is 840. The van der Waals surface area contributed by atoms with E-state index in [1.165, 1.54) is 27.7 Å². The number of nitrogens with one attached hydrogen (secondary N) is 1. The zero-order valence-corrected chi connectivity index (χ0v) is 14.0. The molecule has 0 unspecified atom stereocenters. The lowest BCUT2D eigenvalue weighted by Crippen LogP contribution is -2.30. The Kier molecular flexibility index (Phi) is 3.47. The fourth-order valence-electron chi connectivity index (χ4n) is 3.13. The summed E-state index contributed by atoms with van der Waals surface area (Å²) in [7, 11) is 0. The van der Waals surface area contributed by atoms with Crippen molar-refractivity contribution in [3.8, 4) is 0 Å². The predicted octanol–water partition coefficient (Wildman–Crippen LogP) is 3.59. The molecule has 5 heteroatoms. The van der Waals surface area contributed by atoms with Crippen LogP contribution in [0.4, 0.5) is 0 Å². The second-order valence-electron chi connectivity index (χ2n) is 5.85. The van der Waals surface area contributed by atoms with E-state index in [-0.39, 0.29) is 0 Å². The molecule has 0 amide bonds. The van der Waals surface area contributed by atoms with Crippen molar-refractivity contribution in [1.82, 2.24) is 19.9 Å². The van der Waals surface area contributed by atoms with Gasteiger partial charge in [0, 0.05) is 65.1 Å². The monoisotopic (exact) mass is 356 g/mol. The minimum Gasteiger partial charge on any atom is -0.361 e. The van der Waals surface area contributed by atoms with Crippen LogP contribution in [0.2, 0.25) is 0 Å². The van der Waals surface area contributed by atoms with Crippen LogP contribution in [0.5, 0.6) is 0 Å². The zero-order chi connectivity index (χ0) is 15.1. The summed E-state index contributed by atoms with van der Waals surface area (Å²) < 4.78 is 1.12. The van der Waals surface area contributed by atoms with Gasteiger partial charge in [0.05, 0.1) is 0 Å². The van der Waals surface area contributed by atoms with Crippen LogP contribution in [0.3, 0.4) is 0 Å². The van der Waals surface area contributed by atoms with E-state index >= 15 is 0 Å². The van der Waals surface area contributed by atoms with Gasteiger partial charge in [-0.2, -0.15) is 0 Å². The van der Waals surface area contributed by atoms with Crippen LogP contribution in [0, 0.1) is 6.92 Å². The maximum atomic E-state index is 4.56. The van der Waals surface area contributed by atoms with Gasteiger partial charge in [0.1, 0.15) is 5.82 Å². The number of aromatic amines is 1. The average molecular weight is 357 g/mol. The first kappa shape index (κ1) is 13.9. The molecule has 1 aromatic carbocycles. The van der Waals surface area contributed by atoms with Crippen molar-refractivity contribution < 1.29 is 0 Å². The van der Waals surface area contributed by atoms with Crippen molar-refractivity contribution in [2.24, 2.45) is 0 Å². The number of nitrogens with zero attached hydrogens (tertiary/aromatic N) is 3. The minimum absolute atomic E-state index is 0.869. The predicted molar refractivity (Wildman–Crippen MR) is 90.6 cm³/mol. The van der Waals surface area contributed by atoms with E-state index in [9.17, 15) is 0 Å². The first-order valence-electron chi connectivity index (χ1n) is 7.48. The zero-order valence-electron chi connectivity index (χ0n) is 12.4. The second-order valence-corrected chi connectivity index (χ2v) is 6.77. The van der Waals surface area contributed by atoms with Crippen LogP contribution >= 0.6 is 15.9 Å². The quantitative estimate of drug-likeness (QED) is 0.762. The number of rotatable bonds is 2. The van der Waals surface area contributed by atoms with Gasteiger partial charge < -0.3 is 4.98 Å². The Morgan fingerprint density at radius 3 is 3.18 bits per heavy atom. The third-order valence-corrected chi connectivity index (χ3v) is 4.75. The first-order valence-corrected chi connectivity index (χ1v) is 8.27. The molecule has 0 radical (unpaired) electrons. The molecule has 0 atom stereocenters. The van der Waals surface area contributed by atoms with E-state index in [1.807, 2.05) is 13.1 Å². The highest BCUT2D eigenvalue weighted by Gasteiger charge is 2.19.